The average Bonchev–Trinajstić information content (AvgIpc) is 3.40. The molecule has 12 heteroatoms. The Labute approximate surface area is 227 Å². The van der Waals surface area contributed by atoms with Crippen LogP contribution in [0.1, 0.15) is 30.6 Å². The third kappa shape index (κ3) is 5.18. The van der Waals surface area contributed by atoms with Crippen molar-refractivity contribution < 1.29 is 19.1 Å². The number of piperazine rings is 1. The zero-order chi connectivity index (χ0) is 27.7. The van der Waals surface area contributed by atoms with Gasteiger partial charge in [0.15, 0.2) is 11.9 Å². The van der Waals surface area contributed by atoms with Gasteiger partial charge in [-0.2, -0.15) is 15.1 Å². The number of hydrogen-bond donors (Lipinski definition) is 2. The van der Waals surface area contributed by atoms with Crippen molar-refractivity contribution in [1.29, 1.82) is 0 Å². The lowest BCUT2D eigenvalue weighted by Gasteiger charge is -2.41. The molecule has 2 aromatic heterocycles. The van der Waals surface area contributed by atoms with Crippen LogP contribution in [0.25, 0.3) is 10.9 Å². The molecule has 0 spiro atoms. The van der Waals surface area contributed by atoms with Crippen molar-refractivity contribution in [2.45, 2.75) is 32.4 Å². The molecule has 2 aliphatic rings. The normalized spacial score (nSPS) is 18.7. The number of anilines is 2. The first-order chi connectivity index (χ1) is 18.8. The van der Waals surface area contributed by atoms with Crippen molar-refractivity contribution in [3.63, 3.8) is 0 Å². The third-order valence-electron chi connectivity index (χ3n) is 7.16. The fraction of sp³-hybridized carbons (Fsp3) is 0.444. The van der Waals surface area contributed by atoms with Crippen molar-refractivity contribution in [2.75, 3.05) is 57.1 Å². The van der Waals surface area contributed by atoms with Gasteiger partial charge in [-0.1, -0.05) is 12.6 Å². The second-order valence-corrected chi connectivity index (χ2v) is 10.0. The van der Waals surface area contributed by atoms with Gasteiger partial charge in [0, 0.05) is 63.7 Å². The number of carbonyl (C=O) groups is 2. The summed E-state index contributed by atoms with van der Waals surface area (Å²) in [6.45, 7) is 9.94. The van der Waals surface area contributed by atoms with Crippen LogP contribution >= 0.6 is 0 Å². The number of nitrogens with zero attached hydrogens (tertiary/aromatic N) is 6. The predicted molar refractivity (Wildman–Crippen MR) is 147 cm³/mol. The molecule has 39 heavy (non-hydrogen) atoms. The number of H-pyrrole nitrogens is 1. The first-order valence-electron chi connectivity index (χ1n) is 13.0. The summed E-state index contributed by atoms with van der Waals surface area (Å²) in [5, 5.41) is 11.4. The minimum absolute atomic E-state index is 0.000783. The van der Waals surface area contributed by atoms with E-state index in [4.69, 9.17) is 14.5 Å². The molecule has 4 heterocycles. The fourth-order valence-electron chi connectivity index (χ4n) is 5.06. The van der Waals surface area contributed by atoms with E-state index in [9.17, 15) is 9.59 Å². The Bertz CT molecular complexity index is 1400. The van der Waals surface area contributed by atoms with Crippen LogP contribution in [-0.2, 0) is 9.59 Å². The lowest BCUT2D eigenvalue weighted by molar-refractivity contribution is -0.129. The fourth-order valence-corrected chi connectivity index (χ4v) is 5.06. The Kier molecular flexibility index (Phi) is 7.27. The molecule has 0 radical (unpaired) electrons. The van der Waals surface area contributed by atoms with Crippen molar-refractivity contribution in [2.24, 2.45) is 0 Å². The van der Waals surface area contributed by atoms with Crippen LogP contribution in [0, 0.1) is 6.92 Å². The molecule has 2 aliphatic heterocycles. The zero-order valence-electron chi connectivity index (χ0n) is 22.7. The molecular formula is C27H34N8O4. The van der Waals surface area contributed by atoms with Crippen molar-refractivity contribution in [3.05, 3.63) is 42.1 Å². The van der Waals surface area contributed by atoms with Gasteiger partial charge in [0.1, 0.15) is 6.61 Å². The highest BCUT2D eigenvalue weighted by molar-refractivity contribution is 5.87. The molecule has 206 valence electrons. The zero-order valence-corrected chi connectivity index (χ0v) is 22.7. The smallest absolute Gasteiger partial charge is 0.265 e. The summed E-state index contributed by atoms with van der Waals surface area (Å²) < 4.78 is 12.8. The SMILES string of the molecule is C=CC(=O)N1CCN(c2nc(NCCC(=O)N(C)C)nc3c2OCC(c2c(C)ccc4[nH]ncc24)O3)C[C@H]1C. The molecule has 3 aromatic rings. The first-order valence-corrected chi connectivity index (χ1v) is 13.0. The average molecular weight is 535 g/mol. The van der Waals surface area contributed by atoms with Gasteiger partial charge in [0.25, 0.3) is 5.88 Å². The van der Waals surface area contributed by atoms with Gasteiger partial charge >= 0.3 is 0 Å². The number of ether oxygens (including phenoxy) is 2. The minimum Gasteiger partial charge on any atom is -0.481 e. The maximum atomic E-state index is 12.3. The largest absolute Gasteiger partial charge is 0.481 e. The van der Waals surface area contributed by atoms with Crippen LogP contribution in [0.5, 0.6) is 11.6 Å². The van der Waals surface area contributed by atoms with E-state index in [1.54, 1.807) is 30.1 Å². The van der Waals surface area contributed by atoms with Gasteiger partial charge in [0.2, 0.25) is 23.5 Å². The van der Waals surface area contributed by atoms with Gasteiger partial charge in [-0.25, -0.2) is 0 Å². The van der Waals surface area contributed by atoms with E-state index in [0.29, 0.717) is 56.0 Å². The molecule has 2 amide bonds. The summed E-state index contributed by atoms with van der Waals surface area (Å²) in [5.41, 5.74) is 2.97. The molecule has 0 bridgehead atoms. The highest BCUT2D eigenvalue weighted by Crippen LogP contribution is 2.43. The van der Waals surface area contributed by atoms with Gasteiger partial charge < -0.3 is 29.5 Å². The maximum Gasteiger partial charge on any atom is 0.265 e. The first kappa shape index (κ1) is 26.3. The molecule has 0 aliphatic carbocycles. The van der Waals surface area contributed by atoms with Crippen LogP contribution in [0.3, 0.4) is 0 Å². The van der Waals surface area contributed by atoms with E-state index in [1.807, 2.05) is 26.0 Å². The van der Waals surface area contributed by atoms with E-state index < -0.39 is 6.10 Å². The Hall–Kier alpha value is -4.35. The highest BCUT2D eigenvalue weighted by Gasteiger charge is 2.34. The molecule has 1 fully saturated rings. The maximum absolute atomic E-state index is 12.3. The molecule has 2 N–H and O–H groups in total. The monoisotopic (exact) mass is 534 g/mol. The van der Waals surface area contributed by atoms with E-state index in [0.717, 1.165) is 22.0 Å². The minimum atomic E-state index is -0.397. The quantitative estimate of drug-likeness (QED) is 0.439. The predicted octanol–water partition coefficient (Wildman–Crippen LogP) is 2.29. The van der Waals surface area contributed by atoms with Crippen LogP contribution in [0.4, 0.5) is 11.8 Å². The number of nitrogens with one attached hydrogen (secondary N) is 2. The molecule has 1 aromatic carbocycles. The molecular weight excluding hydrogens is 500 g/mol. The Morgan fingerprint density at radius 2 is 2.10 bits per heavy atom. The van der Waals surface area contributed by atoms with Crippen LogP contribution in [0.2, 0.25) is 0 Å². The number of aromatic nitrogens is 4. The summed E-state index contributed by atoms with van der Waals surface area (Å²) in [7, 11) is 3.45. The number of carbonyl (C=O) groups excluding carboxylic acids is 2. The van der Waals surface area contributed by atoms with Crippen molar-refractivity contribution >= 4 is 34.5 Å². The van der Waals surface area contributed by atoms with Crippen molar-refractivity contribution in [1.82, 2.24) is 30.0 Å². The molecule has 5 rings (SSSR count). The Morgan fingerprint density at radius 3 is 2.85 bits per heavy atom. The van der Waals surface area contributed by atoms with Gasteiger partial charge in [-0.15, -0.1) is 0 Å². The number of rotatable bonds is 7. The molecule has 0 saturated carbocycles. The Morgan fingerprint density at radius 1 is 1.28 bits per heavy atom. The summed E-state index contributed by atoms with van der Waals surface area (Å²) in [6, 6.07) is 3.97. The Balaban J connectivity index is 1.46. The number of fused-ring (bicyclic) bond motifs is 2. The standard InChI is InChI=1S/C27H34N8O4/c1-6-21(36)35-12-11-34(14-17(35)3)25-24-26(31-27(30-25)28-10-9-22(37)33(4)5)39-20(15-38-24)23-16(2)7-8-19-18(23)13-29-32-19/h6-8,13,17,20H,1,9-12,14-15H2,2-5H3,(H,29,32)(H,28,30,31)/t17-,20?/m1/s1. The highest BCUT2D eigenvalue weighted by atomic mass is 16.6. The number of hydrogen-bond acceptors (Lipinski definition) is 9. The number of aromatic amines is 1. The van der Waals surface area contributed by atoms with E-state index >= 15 is 0 Å². The van der Waals surface area contributed by atoms with Crippen LogP contribution < -0.4 is 19.7 Å². The summed E-state index contributed by atoms with van der Waals surface area (Å²) in [4.78, 5) is 39.2. The number of benzene rings is 1. The molecule has 1 saturated heterocycles. The van der Waals surface area contributed by atoms with Gasteiger partial charge in [-0.05, 0) is 31.6 Å². The van der Waals surface area contributed by atoms with Crippen LogP contribution in [0.15, 0.2) is 31.0 Å². The topological polar surface area (TPSA) is 129 Å². The number of amides is 2. The summed E-state index contributed by atoms with van der Waals surface area (Å²) in [6.07, 6.45) is 3.03. The molecule has 2 atom stereocenters. The molecule has 12 nitrogen and oxygen atoms in total. The van der Waals surface area contributed by atoms with E-state index in [2.05, 4.69) is 32.0 Å². The molecule has 1 unspecified atom stereocenters. The van der Waals surface area contributed by atoms with Gasteiger partial charge in [-0.3, -0.25) is 14.7 Å². The second-order valence-electron chi connectivity index (χ2n) is 10.0. The lowest BCUT2D eigenvalue weighted by Crippen LogP contribution is -2.54. The lowest BCUT2D eigenvalue weighted by atomic mass is 9.99. The van der Waals surface area contributed by atoms with Gasteiger partial charge in [0.05, 0.1) is 11.7 Å². The summed E-state index contributed by atoms with van der Waals surface area (Å²) >= 11 is 0. The third-order valence-corrected chi connectivity index (χ3v) is 7.16. The van der Waals surface area contributed by atoms with E-state index in [1.165, 1.54) is 6.08 Å². The van der Waals surface area contributed by atoms with Crippen molar-refractivity contribution in [3.8, 4) is 11.6 Å². The number of aryl methyl sites for hydroxylation is 1. The summed E-state index contributed by atoms with van der Waals surface area (Å²) in [5.74, 6) is 1.64. The van der Waals surface area contributed by atoms with Crippen LogP contribution in [-0.4, -0.2) is 94.7 Å². The van der Waals surface area contributed by atoms with E-state index in [-0.39, 0.29) is 24.5 Å². The second kappa shape index (κ2) is 10.8.